The first-order valence-corrected chi connectivity index (χ1v) is 8.48. The van der Waals surface area contributed by atoms with Crippen molar-refractivity contribution in [3.05, 3.63) is 70.9 Å². The number of nitrogens with one attached hydrogen (secondary N) is 1. The Hall–Kier alpha value is -3.19. The van der Waals surface area contributed by atoms with Crippen LogP contribution in [0.5, 0.6) is 0 Å². The van der Waals surface area contributed by atoms with Crippen LogP contribution in [-0.4, -0.2) is 10.9 Å². The van der Waals surface area contributed by atoms with Gasteiger partial charge in [-0.1, -0.05) is 18.2 Å². The number of amides is 1. The van der Waals surface area contributed by atoms with E-state index in [1.54, 1.807) is 24.3 Å². The van der Waals surface area contributed by atoms with E-state index in [4.69, 9.17) is 10.2 Å². The van der Waals surface area contributed by atoms with Crippen LogP contribution >= 0.6 is 0 Å². The third-order valence-corrected chi connectivity index (χ3v) is 4.67. The maximum Gasteiger partial charge on any atom is 0.256 e. The molecule has 25 heavy (non-hydrogen) atoms. The van der Waals surface area contributed by atoms with Crippen LogP contribution in [0.3, 0.4) is 0 Å². The lowest BCUT2D eigenvalue weighted by molar-refractivity contribution is 0.102. The number of aryl methyl sites for hydroxylation is 1. The van der Waals surface area contributed by atoms with Gasteiger partial charge in [0.25, 0.3) is 5.91 Å². The fourth-order valence-corrected chi connectivity index (χ4v) is 3.45. The third-order valence-electron chi connectivity index (χ3n) is 4.67. The average Bonchev–Trinajstić information content (AvgIpc) is 2.66. The number of anilines is 1. The van der Waals surface area contributed by atoms with E-state index in [9.17, 15) is 4.79 Å². The lowest BCUT2D eigenvalue weighted by atomic mass is 9.89. The number of fused-ring (bicyclic) bond motifs is 2. The Morgan fingerprint density at radius 1 is 1.04 bits per heavy atom. The van der Waals surface area contributed by atoms with Crippen molar-refractivity contribution in [1.82, 2.24) is 4.98 Å². The molecule has 3 aromatic rings. The first kappa shape index (κ1) is 15.3. The molecular formula is C21H17N3O. The molecule has 122 valence electrons. The topological polar surface area (TPSA) is 65.8 Å². The van der Waals surface area contributed by atoms with Crippen LogP contribution in [0.4, 0.5) is 5.69 Å². The Labute approximate surface area is 146 Å². The first-order chi connectivity index (χ1) is 12.3. The summed E-state index contributed by atoms with van der Waals surface area (Å²) in [5.41, 5.74) is 5.00. The van der Waals surface area contributed by atoms with Crippen LogP contribution in [0.2, 0.25) is 0 Å². The van der Waals surface area contributed by atoms with Gasteiger partial charge in [0.1, 0.15) is 0 Å². The fraction of sp³-hybridized carbons (Fsp3) is 0.190. The smallest absolute Gasteiger partial charge is 0.256 e. The molecule has 1 N–H and O–H groups in total. The molecule has 2 aromatic carbocycles. The molecule has 0 unspecified atom stereocenters. The lowest BCUT2D eigenvalue weighted by Crippen LogP contribution is -2.19. The zero-order valence-electron chi connectivity index (χ0n) is 13.7. The quantitative estimate of drug-likeness (QED) is 0.765. The van der Waals surface area contributed by atoms with Gasteiger partial charge in [-0.05, 0) is 61.6 Å². The van der Waals surface area contributed by atoms with Gasteiger partial charge in [-0.15, -0.1) is 0 Å². The Bertz CT molecular complexity index is 1000. The Balaban J connectivity index is 1.78. The minimum Gasteiger partial charge on any atom is -0.322 e. The molecular weight excluding hydrogens is 310 g/mol. The molecule has 0 fully saturated rings. The van der Waals surface area contributed by atoms with Crippen molar-refractivity contribution in [2.24, 2.45) is 0 Å². The SMILES string of the molecule is N#Cc1ccc(NC(=O)c2c3c(nc4ccccc24)CCCC3)cc1. The minimum absolute atomic E-state index is 0.110. The molecule has 1 heterocycles. The predicted molar refractivity (Wildman–Crippen MR) is 97.5 cm³/mol. The molecule has 0 atom stereocenters. The summed E-state index contributed by atoms with van der Waals surface area (Å²) >= 11 is 0. The van der Waals surface area contributed by atoms with E-state index in [1.165, 1.54) is 0 Å². The predicted octanol–water partition coefficient (Wildman–Crippen LogP) is 4.24. The van der Waals surface area contributed by atoms with Crippen LogP contribution in [-0.2, 0) is 12.8 Å². The van der Waals surface area contributed by atoms with Gasteiger partial charge in [-0.25, -0.2) is 0 Å². The highest BCUT2D eigenvalue weighted by Crippen LogP contribution is 2.29. The second-order valence-corrected chi connectivity index (χ2v) is 6.28. The number of para-hydroxylation sites is 1. The average molecular weight is 327 g/mol. The summed E-state index contributed by atoms with van der Waals surface area (Å²) in [5.74, 6) is -0.110. The van der Waals surface area contributed by atoms with E-state index < -0.39 is 0 Å². The highest BCUT2D eigenvalue weighted by molar-refractivity contribution is 6.13. The van der Waals surface area contributed by atoms with Crippen molar-refractivity contribution in [3.8, 4) is 6.07 Å². The van der Waals surface area contributed by atoms with Crippen molar-refractivity contribution >= 4 is 22.5 Å². The number of benzene rings is 2. The Kier molecular flexibility index (Phi) is 3.91. The molecule has 1 aliphatic carbocycles. The van der Waals surface area contributed by atoms with Crippen molar-refractivity contribution in [3.63, 3.8) is 0 Å². The molecule has 0 bridgehead atoms. The normalized spacial score (nSPS) is 13.1. The minimum atomic E-state index is -0.110. The van der Waals surface area contributed by atoms with E-state index in [-0.39, 0.29) is 5.91 Å². The number of nitriles is 1. The van der Waals surface area contributed by atoms with Crippen molar-refractivity contribution in [2.75, 3.05) is 5.32 Å². The number of nitrogens with zero attached hydrogens (tertiary/aromatic N) is 2. The molecule has 1 amide bonds. The van der Waals surface area contributed by atoms with Gasteiger partial charge in [-0.3, -0.25) is 9.78 Å². The summed E-state index contributed by atoms with van der Waals surface area (Å²) in [6, 6.07) is 16.8. The van der Waals surface area contributed by atoms with Crippen LogP contribution in [0.1, 0.15) is 40.0 Å². The number of carbonyl (C=O) groups excluding carboxylic acids is 1. The van der Waals surface area contributed by atoms with E-state index in [0.717, 1.165) is 53.4 Å². The highest BCUT2D eigenvalue weighted by Gasteiger charge is 2.22. The molecule has 4 rings (SSSR count). The number of pyridine rings is 1. The maximum atomic E-state index is 13.1. The van der Waals surface area contributed by atoms with E-state index in [0.29, 0.717) is 11.3 Å². The Morgan fingerprint density at radius 3 is 2.60 bits per heavy atom. The first-order valence-electron chi connectivity index (χ1n) is 8.48. The molecule has 0 aliphatic heterocycles. The largest absolute Gasteiger partial charge is 0.322 e. The summed E-state index contributed by atoms with van der Waals surface area (Å²) in [5, 5.41) is 12.8. The standard InChI is InChI=1S/C21H17N3O/c22-13-14-9-11-15(12-10-14)23-21(25)20-16-5-1-3-7-18(16)24-19-8-4-2-6-17(19)20/h1,3,5,7,9-12H,2,4,6,8H2,(H,23,25). The molecule has 0 saturated heterocycles. The molecule has 4 heteroatoms. The van der Waals surface area contributed by atoms with E-state index in [2.05, 4.69) is 11.4 Å². The van der Waals surface area contributed by atoms with Crippen LogP contribution in [0, 0.1) is 11.3 Å². The second kappa shape index (κ2) is 6.37. The number of rotatable bonds is 2. The molecule has 1 aliphatic rings. The van der Waals surface area contributed by atoms with Gasteiger partial charge in [0.15, 0.2) is 0 Å². The third kappa shape index (κ3) is 2.85. The second-order valence-electron chi connectivity index (χ2n) is 6.28. The van der Waals surface area contributed by atoms with Gasteiger partial charge < -0.3 is 5.32 Å². The molecule has 0 radical (unpaired) electrons. The van der Waals surface area contributed by atoms with E-state index >= 15 is 0 Å². The van der Waals surface area contributed by atoms with E-state index in [1.807, 2.05) is 24.3 Å². The zero-order valence-corrected chi connectivity index (χ0v) is 13.7. The van der Waals surface area contributed by atoms with Crippen molar-refractivity contribution in [2.45, 2.75) is 25.7 Å². The number of hydrogen-bond acceptors (Lipinski definition) is 3. The van der Waals surface area contributed by atoms with Crippen molar-refractivity contribution in [1.29, 1.82) is 5.26 Å². The van der Waals surface area contributed by atoms with Gasteiger partial charge in [0.2, 0.25) is 0 Å². The fourth-order valence-electron chi connectivity index (χ4n) is 3.45. The number of hydrogen-bond donors (Lipinski definition) is 1. The molecule has 0 spiro atoms. The summed E-state index contributed by atoms with van der Waals surface area (Å²) in [6.07, 6.45) is 4.03. The van der Waals surface area contributed by atoms with Crippen LogP contribution in [0.15, 0.2) is 48.5 Å². The lowest BCUT2D eigenvalue weighted by Gasteiger charge is -2.20. The summed E-state index contributed by atoms with van der Waals surface area (Å²) in [7, 11) is 0. The maximum absolute atomic E-state index is 13.1. The van der Waals surface area contributed by atoms with Gasteiger partial charge >= 0.3 is 0 Å². The van der Waals surface area contributed by atoms with Crippen LogP contribution in [0.25, 0.3) is 10.9 Å². The molecule has 4 nitrogen and oxygen atoms in total. The summed E-state index contributed by atoms with van der Waals surface area (Å²) < 4.78 is 0. The van der Waals surface area contributed by atoms with Gasteiger partial charge in [0.05, 0.1) is 22.7 Å². The zero-order chi connectivity index (χ0) is 17.2. The number of carbonyl (C=O) groups is 1. The summed E-state index contributed by atoms with van der Waals surface area (Å²) in [6.45, 7) is 0. The van der Waals surface area contributed by atoms with Crippen LogP contribution < -0.4 is 5.32 Å². The van der Waals surface area contributed by atoms with Crippen molar-refractivity contribution < 1.29 is 4.79 Å². The monoisotopic (exact) mass is 327 g/mol. The van der Waals surface area contributed by atoms with Gasteiger partial charge in [0, 0.05) is 16.8 Å². The summed E-state index contributed by atoms with van der Waals surface area (Å²) in [4.78, 5) is 17.8. The number of aromatic nitrogens is 1. The van der Waals surface area contributed by atoms with Gasteiger partial charge in [-0.2, -0.15) is 5.26 Å². The molecule has 0 saturated carbocycles. The highest BCUT2D eigenvalue weighted by atomic mass is 16.1. The Morgan fingerprint density at radius 2 is 1.80 bits per heavy atom. The molecule has 1 aromatic heterocycles.